The molecule has 5 nitrogen and oxygen atoms in total. The lowest BCUT2D eigenvalue weighted by Gasteiger charge is -2.12. The second kappa shape index (κ2) is 10.5. The van der Waals surface area contributed by atoms with E-state index >= 15 is 0 Å². The average molecular weight is 423 g/mol. The Morgan fingerprint density at radius 2 is 1.73 bits per heavy atom. The van der Waals surface area contributed by atoms with Gasteiger partial charge in [0, 0.05) is 10.6 Å². The zero-order valence-corrected chi connectivity index (χ0v) is 17.6. The molecule has 1 amide bonds. The zero-order valence-electron chi connectivity index (χ0n) is 16.9. The molecule has 3 rings (SSSR count). The van der Waals surface area contributed by atoms with Gasteiger partial charge >= 0.3 is 0 Å². The minimum atomic E-state index is -0.265. The predicted octanol–water partition coefficient (Wildman–Crippen LogP) is 5.39. The van der Waals surface area contributed by atoms with Crippen LogP contribution in [-0.2, 0) is 6.61 Å². The lowest BCUT2D eigenvalue weighted by atomic mass is 10.1. The molecule has 0 aliphatic carbocycles. The van der Waals surface area contributed by atoms with E-state index in [0.717, 1.165) is 16.7 Å². The summed E-state index contributed by atoms with van der Waals surface area (Å²) in [6.07, 6.45) is 1.57. The Labute approximate surface area is 181 Å². The van der Waals surface area contributed by atoms with Gasteiger partial charge in [0.15, 0.2) is 11.5 Å². The van der Waals surface area contributed by atoms with Crippen molar-refractivity contribution in [1.82, 2.24) is 5.43 Å². The number of rotatable bonds is 8. The molecule has 6 heteroatoms. The Balaban J connectivity index is 1.64. The molecule has 0 aromatic heterocycles. The first-order valence-electron chi connectivity index (χ1n) is 9.59. The highest BCUT2D eigenvalue weighted by atomic mass is 35.5. The van der Waals surface area contributed by atoms with E-state index in [0.29, 0.717) is 35.3 Å². The molecule has 0 radical (unpaired) electrons. The smallest absolute Gasteiger partial charge is 0.271 e. The van der Waals surface area contributed by atoms with Crippen molar-refractivity contribution in [3.8, 4) is 11.5 Å². The third-order valence-electron chi connectivity index (χ3n) is 4.27. The number of benzene rings is 3. The van der Waals surface area contributed by atoms with Gasteiger partial charge < -0.3 is 9.47 Å². The third kappa shape index (κ3) is 6.09. The maximum absolute atomic E-state index is 12.1. The number of hydrazone groups is 1. The first kappa shape index (κ1) is 21.4. The number of halogens is 1. The van der Waals surface area contributed by atoms with E-state index < -0.39 is 0 Å². The summed E-state index contributed by atoms with van der Waals surface area (Å²) in [5.41, 5.74) is 5.97. The number of aryl methyl sites for hydroxylation is 1. The zero-order chi connectivity index (χ0) is 21.3. The lowest BCUT2D eigenvalue weighted by Crippen LogP contribution is -2.17. The second-order valence-electron chi connectivity index (χ2n) is 6.62. The monoisotopic (exact) mass is 422 g/mol. The molecular weight excluding hydrogens is 400 g/mol. The number of nitrogens with one attached hydrogen (secondary N) is 1. The molecule has 154 valence electrons. The Bertz CT molecular complexity index is 1020. The number of nitrogens with zero attached hydrogens (tertiary/aromatic N) is 1. The van der Waals surface area contributed by atoms with Gasteiger partial charge in [-0.2, -0.15) is 5.10 Å². The topological polar surface area (TPSA) is 59.9 Å². The summed E-state index contributed by atoms with van der Waals surface area (Å²) in [6.45, 7) is 4.78. The number of carbonyl (C=O) groups is 1. The highest BCUT2D eigenvalue weighted by molar-refractivity contribution is 6.30. The molecular formula is C24H23ClN2O3. The van der Waals surface area contributed by atoms with Crippen LogP contribution in [0.4, 0.5) is 0 Å². The Morgan fingerprint density at radius 1 is 1.00 bits per heavy atom. The molecule has 0 saturated heterocycles. The van der Waals surface area contributed by atoms with Gasteiger partial charge in [-0.15, -0.1) is 0 Å². The Kier molecular flexibility index (Phi) is 7.46. The molecule has 0 aliphatic rings. The van der Waals surface area contributed by atoms with E-state index in [-0.39, 0.29) is 5.91 Å². The van der Waals surface area contributed by atoms with Gasteiger partial charge in [0.05, 0.1) is 12.8 Å². The van der Waals surface area contributed by atoms with Gasteiger partial charge in [-0.05, 0) is 67.4 Å². The van der Waals surface area contributed by atoms with Crippen LogP contribution in [0.3, 0.4) is 0 Å². The van der Waals surface area contributed by atoms with Crippen molar-refractivity contribution < 1.29 is 14.3 Å². The van der Waals surface area contributed by atoms with E-state index in [1.807, 2.05) is 68.4 Å². The SMILES string of the molecule is CCOc1cc(/C=N\NC(=O)c2ccc(C)cc2)ccc1OCc1ccc(Cl)cc1. The molecule has 30 heavy (non-hydrogen) atoms. The standard InChI is InChI=1S/C24H23ClN2O3/c1-3-29-23-14-19(15-26-27-24(28)20-9-4-17(2)5-10-20)8-13-22(23)30-16-18-6-11-21(25)12-7-18/h4-15H,3,16H2,1-2H3,(H,27,28)/b26-15-. The van der Waals surface area contributed by atoms with Crippen molar-refractivity contribution in [3.05, 3.63) is 94.0 Å². The average Bonchev–Trinajstić information content (AvgIpc) is 2.75. The van der Waals surface area contributed by atoms with Gasteiger partial charge in [-0.25, -0.2) is 5.43 Å². The quantitative estimate of drug-likeness (QED) is 0.391. The third-order valence-corrected chi connectivity index (χ3v) is 4.52. The van der Waals surface area contributed by atoms with Gasteiger partial charge in [0.25, 0.3) is 5.91 Å². The summed E-state index contributed by atoms with van der Waals surface area (Å²) in [7, 11) is 0. The maximum atomic E-state index is 12.1. The Morgan fingerprint density at radius 3 is 2.43 bits per heavy atom. The van der Waals surface area contributed by atoms with Crippen LogP contribution >= 0.6 is 11.6 Å². The molecule has 0 fully saturated rings. The number of hydrogen-bond acceptors (Lipinski definition) is 4. The molecule has 0 saturated carbocycles. The minimum absolute atomic E-state index is 0.265. The van der Waals surface area contributed by atoms with Crippen molar-refractivity contribution >= 4 is 23.7 Å². The van der Waals surface area contributed by atoms with Crippen LogP contribution in [-0.4, -0.2) is 18.7 Å². The van der Waals surface area contributed by atoms with Crippen LogP contribution in [0.25, 0.3) is 0 Å². The molecule has 3 aromatic rings. The van der Waals surface area contributed by atoms with E-state index in [1.165, 1.54) is 0 Å². The molecule has 0 unspecified atom stereocenters. The molecule has 0 atom stereocenters. The second-order valence-corrected chi connectivity index (χ2v) is 7.06. The van der Waals surface area contributed by atoms with Crippen LogP contribution in [0.1, 0.15) is 34.0 Å². The van der Waals surface area contributed by atoms with Crippen LogP contribution < -0.4 is 14.9 Å². The molecule has 0 bridgehead atoms. The number of carbonyl (C=O) groups excluding carboxylic acids is 1. The normalized spacial score (nSPS) is 10.8. The Hall–Kier alpha value is -3.31. The molecule has 1 N–H and O–H groups in total. The fraction of sp³-hybridized carbons (Fsp3) is 0.167. The summed E-state index contributed by atoms with van der Waals surface area (Å²) in [6, 6.07) is 20.3. The van der Waals surface area contributed by atoms with Gasteiger partial charge in [0.2, 0.25) is 0 Å². The lowest BCUT2D eigenvalue weighted by molar-refractivity contribution is 0.0955. The highest BCUT2D eigenvalue weighted by Gasteiger charge is 2.07. The van der Waals surface area contributed by atoms with E-state index in [2.05, 4.69) is 10.5 Å². The largest absolute Gasteiger partial charge is 0.490 e. The number of hydrogen-bond donors (Lipinski definition) is 1. The van der Waals surface area contributed by atoms with Crippen LogP contribution in [0.2, 0.25) is 5.02 Å². The number of amides is 1. The van der Waals surface area contributed by atoms with Crippen molar-refractivity contribution in [1.29, 1.82) is 0 Å². The van der Waals surface area contributed by atoms with Crippen LogP contribution in [0.5, 0.6) is 11.5 Å². The molecule has 3 aromatic carbocycles. The predicted molar refractivity (Wildman–Crippen MR) is 120 cm³/mol. The summed E-state index contributed by atoms with van der Waals surface area (Å²) >= 11 is 5.92. The molecule has 0 aliphatic heterocycles. The highest BCUT2D eigenvalue weighted by Crippen LogP contribution is 2.29. The fourth-order valence-electron chi connectivity index (χ4n) is 2.67. The van der Waals surface area contributed by atoms with Crippen LogP contribution in [0, 0.1) is 6.92 Å². The maximum Gasteiger partial charge on any atom is 0.271 e. The summed E-state index contributed by atoms with van der Waals surface area (Å²) in [5, 5.41) is 4.73. The summed E-state index contributed by atoms with van der Waals surface area (Å²) < 4.78 is 11.6. The van der Waals surface area contributed by atoms with Gasteiger partial charge in [-0.3, -0.25) is 4.79 Å². The number of ether oxygens (including phenoxy) is 2. The first-order chi connectivity index (χ1) is 14.5. The summed E-state index contributed by atoms with van der Waals surface area (Å²) in [5.74, 6) is 0.979. The minimum Gasteiger partial charge on any atom is -0.490 e. The van der Waals surface area contributed by atoms with E-state index in [9.17, 15) is 4.79 Å². The van der Waals surface area contributed by atoms with E-state index in [4.69, 9.17) is 21.1 Å². The van der Waals surface area contributed by atoms with Gasteiger partial charge in [-0.1, -0.05) is 41.4 Å². The fourth-order valence-corrected chi connectivity index (χ4v) is 2.80. The first-order valence-corrected chi connectivity index (χ1v) is 9.97. The van der Waals surface area contributed by atoms with Gasteiger partial charge in [0.1, 0.15) is 6.61 Å². The van der Waals surface area contributed by atoms with Crippen molar-refractivity contribution in [2.75, 3.05) is 6.61 Å². The molecule has 0 spiro atoms. The van der Waals surface area contributed by atoms with Crippen molar-refractivity contribution in [2.24, 2.45) is 5.10 Å². The van der Waals surface area contributed by atoms with E-state index in [1.54, 1.807) is 18.3 Å². The summed E-state index contributed by atoms with van der Waals surface area (Å²) in [4.78, 5) is 12.1. The van der Waals surface area contributed by atoms with Crippen LogP contribution in [0.15, 0.2) is 71.8 Å². The van der Waals surface area contributed by atoms with Crippen molar-refractivity contribution in [2.45, 2.75) is 20.5 Å². The van der Waals surface area contributed by atoms with Crippen molar-refractivity contribution in [3.63, 3.8) is 0 Å². The molecule has 0 heterocycles.